The molecule has 6 nitrogen and oxygen atoms in total. The fourth-order valence-corrected chi connectivity index (χ4v) is 1.87. The van der Waals surface area contributed by atoms with E-state index in [1.165, 1.54) is 30.5 Å². The van der Waals surface area contributed by atoms with Crippen LogP contribution in [0.4, 0.5) is 5.69 Å². The number of sulfonamides is 1. The molecular formula is C10H12N2O4S. The van der Waals surface area contributed by atoms with Crippen molar-refractivity contribution in [2.24, 2.45) is 0 Å². The minimum Gasteiger partial charge on any atom is -0.274 e. The molecule has 1 aromatic rings. The lowest BCUT2D eigenvalue weighted by atomic mass is 10.2. The van der Waals surface area contributed by atoms with E-state index >= 15 is 0 Å². The van der Waals surface area contributed by atoms with Crippen LogP contribution >= 0.6 is 0 Å². The van der Waals surface area contributed by atoms with Crippen molar-refractivity contribution < 1.29 is 13.3 Å². The number of hydrogen-bond donors (Lipinski definition) is 0. The number of nitrogens with zero attached hydrogens (tertiary/aromatic N) is 2. The van der Waals surface area contributed by atoms with Crippen LogP contribution in [0.15, 0.2) is 37.0 Å². The van der Waals surface area contributed by atoms with Crippen LogP contribution in [0.3, 0.4) is 0 Å². The Morgan fingerprint density at radius 3 is 2.29 bits per heavy atom. The van der Waals surface area contributed by atoms with Gasteiger partial charge in [-0.1, -0.05) is 18.7 Å². The van der Waals surface area contributed by atoms with Crippen LogP contribution in [0.5, 0.6) is 0 Å². The van der Waals surface area contributed by atoms with Crippen LogP contribution in [0.2, 0.25) is 0 Å². The highest BCUT2D eigenvalue weighted by Crippen LogP contribution is 2.14. The molecule has 1 aromatic carbocycles. The molecule has 0 fully saturated rings. The van der Waals surface area contributed by atoms with Crippen LogP contribution < -0.4 is 0 Å². The van der Waals surface area contributed by atoms with Gasteiger partial charge in [0.1, 0.15) is 0 Å². The second-order valence-electron chi connectivity index (χ2n) is 3.41. The van der Waals surface area contributed by atoms with Crippen molar-refractivity contribution in [1.82, 2.24) is 4.31 Å². The second-order valence-corrected chi connectivity index (χ2v) is 5.35. The highest BCUT2D eigenvalue weighted by atomic mass is 32.2. The molecule has 0 aromatic heterocycles. The molecule has 0 saturated heterocycles. The Morgan fingerprint density at radius 2 is 1.94 bits per heavy atom. The molecule has 0 aliphatic heterocycles. The average molecular weight is 256 g/mol. The van der Waals surface area contributed by atoms with Crippen molar-refractivity contribution in [2.75, 3.05) is 6.26 Å². The van der Waals surface area contributed by atoms with E-state index in [9.17, 15) is 18.5 Å². The highest BCUT2D eigenvalue weighted by molar-refractivity contribution is 7.88. The fraction of sp³-hybridized carbons (Fsp3) is 0.200. The Labute approximate surface area is 99.4 Å². The molecule has 0 saturated carbocycles. The molecule has 0 spiro atoms. The Bertz CT molecular complexity index is 522. The summed E-state index contributed by atoms with van der Waals surface area (Å²) in [4.78, 5) is 9.92. The molecule has 0 amide bonds. The van der Waals surface area contributed by atoms with Crippen LogP contribution in [0.1, 0.15) is 5.56 Å². The normalized spacial score (nSPS) is 10.9. The Morgan fingerprint density at radius 1 is 1.41 bits per heavy atom. The highest BCUT2D eigenvalue weighted by Gasteiger charge is 2.12. The summed E-state index contributed by atoms with van der Waals surface area (Å²) in [6.45, 7) is 3.52. The standard InChI is InChI=1S/C10H12N2O4S/c1-3-11(17(2,15)16)8-9-4-6-10(7-5-9)12(13)14/h3-7H,1,8H2,2H3. The van der Waals surface area contributed by atoms with Crippen molar-refractivity contribution in [3.8, 4) is 0 Å². The van der Waals surface area contributed by atoms with Gasteiger partial charge in [-0.2, -0.15) is 0 Å². The van der Waals surface area contributed by atoms with Gasteiger partial charge in [0.05, 0.1) is 17.7 Å². The molecule has 0 radical (unpaired) electrons. The third kappa shape index (κ3) is 3.56. The van der Waals surface area contributed by atoms with Gasteiger partial charge < -0.3 is 0 Å². The molecule has 0 N–H and O–H groups in total. The van der Waals surface area contributed by atoms with E-state index in [-0.39, 0.29) is 12.2 Å². The number of nitro groups is 1. The molecule has 92 valence electrons. The van der Waals surface area contributed by atoms with Gasteiger partial charge in [0.25, 0.3) is 5.69 Å². The van der Waals surface area contributed by atoms with Crippen LogP contribution in [0, 0.1) is 10.1 Å². The number of benzene rings is 1. The topological polar surface area (TPSA) is 80.5 Å². The van der Waals surface area contributed by atoms with Gasteiger partial charge >= 0.3 is 0 Å². The van der Waals surface area contributed by atoms with Gasteiger partial charge in [-0.25, -0.2) is 8.42 Å². The molecule has 1 rings (SSSR count). The van der Waals surface area contributed by atoms with Crippen LogP contribution in [-0.4, -0.2) is 23.9 Å². The fourth-order valence-electron chi connectivity index (χ4n) is 1.22. The molecule has 7 heteroatoms. The van der Waals surface area contributed by atoms with E-state index in [0.717, 1.165) is 10.6 Å². The molecule has 0 atom stereocenters. The lowest BCUT2D eigenvalue weighted by Gasteiger charge is -2.16. The van der Waals surface area contributed by atoms with Gasteiger partial charge in [-0.15, -0.1) is 0 Å². The lowest BCUT2D eigenvalue weighted by molar-refractivity contribution is -0.384. The molecule has 0 aliphatic rings. The zero-order valence-corrected chi connectivity index (χ0v) is 10.1. The van der Waals surface area contributed by atoms with E-state index in [4.69, 9.17) is 0 Å². The quantitative estimate of drug-likeness (QED) is 0.590. The molecule has 0 unspecified atom stereocenters. The summed E-state index contributed by atoms with van der Waals surface area (Å²) in [5.41, 5.74) is 0.624. The van der Waals surface area contributed by atoms with Gasteiger partial charge in [0.15, 0.2) is 0 Å². The predicted octanol–water partition coefficient (Wildman–Crippen LogP) is 1.50. The first-order valence-electron chi connectivity index (χ1n) is 4.67. The average Bonchev–Trinajstić information content (AvgIpc) is 2.24. The Hall–Kier alpha value is -1.89. The van der Waals surface area contributed by atoms with Crippen LogP contribution in [-0.2, 0) is 16.6 Å². The summed E-state index contributed by atoms with van der Waals surface area (Å²) in [7, 11) is -3.36. The summed E-state index contributed by atoms with van der Waals surface area (Å²) < 4.78 is 23.6. The van der Waals surface area contributed by atoms with E-state index in [1.54, 1.807) is 0 Å². The van der Waals surface area contributed by atoms with Crippen molar-refractivity contribution in [3.63, 3.8) is 0 Å². The third-order valence-corrected chi connectivity index (χ3v) is 3.25. The first-order chi connectivity index (χ1) is 7.84. The molecule has 0 bridgehead atoms. The van der Waals surface area contributed by atoms with Gasteiger partial charge in [0.2, 0.25) is 10.0 Å². The van der Waals surface area contributed by atoms with Gasteiger partial charge in [0, 0.05) is 18.3 Å². The summed E-state index contributed by atoms with van der Waals surface area (Å²) in [5.74, 6) is 0. The molecule has 0 heterocycles. The largest absolute Gasteiger partial charge is 0.274 e. The number of rotatable bonds is 5. The zero-order valence-electron chi connectivity index (χ0n) is 9.24. The summed E-state index contributed by atoms with van der Waals surface area (Å²) in [6, 6.07) is 5.69. The van der Waals surface area contributed by atoms with Crippen molar-refractivity contribution in [1.29, 1.82) is 0 Å². The minimum absolute atomic E-state index is 0.0294. The maximum Gasteiger partial charge on any atom is 0.269 e. The molecular weight excluding hydrogens is 244 g/mol. The van der Waals surface area contributed by atoms with Crippen LogP contribution in [0.25, 0.3) is 0 Å². The third-order valence-electron chi connectivity index (χ3n) is 2.12. The van der Waals surface area contributed by atoms with Gasteiger partial charge in [-0.05, 0) is 5.56 Å². The van der Waals surface area contributed by atoms with E-state index in [2.05, 4.69) is 6.58 Å². The summed E-state index contributed by atoms with van der Waals surface area (Å²) in [5, 5.41) is 10.4. The predicted molar refractivity (Wildman–Crippen MR) is 63.7 cm³/mol. The summed E-state index contributed by atoms with van der Waals surface area (Å²) in [6.07, 6.45) is 2.27. The minimum atomic E-state index is -3.36. The number of nitro benzene ring substituents is 1. The summed E-state index contributed by atoms with van der Waals surface area (Å²) >= 11 is 0. The first-order valence-corrected chi connectivity index (χ1v) is 6.52. The van der Waals surface area contributed by atoms with E-state index in [0.29, 0.717) is 5.56 Å². The van der Waals surface area contributed by atoms with Crippen molar-refractivity contribution in [3.05, 3.63) is 52.7 Å². The maximum absolute atomic E-state index is 11.3. The second kappa shape index (κ2) is 4.96. The maximum atomic E-state index is 11.3. The van der Waals surface area contributed by atoms with Crippen molar-refractivity contribution >= 4 is 15.7 Å². The molecule has 17 heavy (non-hydrogen) atoms. The lowest BCUT2D eigenvalue weighted by Crippen LogP contribution is -2.23. The Kier molecular flexibility index (Phi) is 3.84. The monoisotopic (exact) mass is 256 g/mol. The molecule has 0 aliphatic carbocycles. The van der Waals surface area contributed by atoms with Crippen molar-refractivity contribution in [2.45, 2.75) is 6.54 Å². The first kappa shape index (κ1) is 13.2. The smallest absolute Gasteiger partial charge is 0.269 e. The number of hydrogen-bond acceptors (Lipinski definition) is 4. The van der Waals surface area contributed by atoms with Gasteiger partial charge in [-0.3, -0.25) is 14.4 Å². The Balaban J connectivity index is 2.89. The SMILES string of the molecule is C=CN(Cc1ccc([N+](=O)[O-])cc1)S(C)(=O)=O. The zero-order chi connectivity index (χ0) is 13.1. The van der Waals surface area contributed by atoms with E-state index in [1.807, 2.05) is 0 Å². The van der Waals surface area contributed by atoms with E-state index < -0.39 is 14.9 Å². The number of non-ortho nitro benzene ring substituents is 1.